The van der Waals surface area contributed by atoms with Crippen molar-refractivity contribution in [1.82, 2.24) is 0 Å². The molecule has 15 heavy (non-hydrogen) atoms. The number of halogens is 3. The van der Waals surface area contributed by atoms with Crippen LogP contribution in [0.25, 0.3) is 0 Å². The fourth-order valence-corrected chi connectivity index (χ4v) is 0.958. The van der Waals surface area contributed by atoms with Crippen molar-refractivity contribution in [2.45, 2.75) is 6.36 Å². The molecule has 0 amide bonds. The van der Waals surface area contributed by atoms with E-state index in [0.29, 0.717) is 5.56 Å². The SMILES string of the molecule is [CH2]c1ccc(OC(F)(F)F)c(C(=O)O)c1. The highest BCUT2D eigenvalue weighted by atomic mass is 19.4. The molecule has 0 saturated carbocycles. The summed E-state index contributed by atoms with van der Waals surface area (Å²) < 4.78 is 39.1. The number of benzene rings is 1. The summed E-state index contributed by atoms with van der Waals surface area (Å²) in [7, 11) is 0. The molecular weight excluding hydrogens is 213 g/mol. The van der Waals surface area contributed by atoms with Crippen LogP contribution in [0.4, 0.5) is 13.2 Å². The lowest BCUT2D eigenvalue weighted by Crippen LogP contribution is -2.19. The van der Waals surface area contributed by atoms with Gasteiger partial charge in [-0.1, -0.05) is 6.07 Å². The zero-order chi connectivity index (χ0) is 11.6. The van der Waals surface area contributed by atoms with Gasteiger partial charge in [0.05, 0.1) is 0 Å². The van der Waals surface area contributed by atoms with Gasteiger partial charge in [0.2, 0.25) is 0 Å². The topological polar surface area (TPSA) is 46.5 Å². The van der Waals surface area contributed by atoms with E-state index < -0.39 is 23.6 Å². The Labute approximate surface area is 83.1 Å². The Morgan fingerprint density at radius 1 is 1.40 bits per heavy atom. The van der Waals surface area contributed by atoms with E-state index >= 15 is 0 Å². The minimum Gasteiger partial charge on any atom is -0.478 e. The summed E-state index contributed by atoms with van der Waals surface area (Å²) in [6, 6.07) is 3.15. The molecule has 0 spiro atoms. The standard InChI is InChI=1S/C9H6F3O3/c1-5-2-3-7(15-9(10,11)12)6(4-5)8(13)14/h2-4H,1H2,(H,13,14). The van der Waals surface area contributed by atoms with Crippen LogP contribution in [-0.4, -0.2) is 17.4 Å². The number of ether oxygens (including phenoxy) is 1. The highest BCUT2D eigenvalue weighted by Crippen LogP contribution is 2.27. The Hall–Kier alpha value is -1.72. The molecule has 6 heteroatoms. The maximum atomic E-state index is 11.9. The van der Waals surface area contributed by atoms with Gasteiger partial charge in [-0.25, -0.2) is 4.79 Å². The average Bonchev–Trinajstić information content (AvgIpc) is 2.05. The molecule has 0 aliphatic carbocycles. The molecule has 0 bridgehead atoms. The third kappa shape index (κ3) is 3.16. The van der Waals surface area contributed by atoms with Crippen LogP contribution in [0, 0.1) is 6.92 Å². The molecular formula is C9H6F3O3. The molecule has 1 radical (unpaired) electrons. The number of carboxylic acid groups (broad SMARTS) is 1. The Kier molecular flexibility index (Phi) is 2.88. The molecule has 0 atom stereocenters. The number of hydrogen-bond donors (Lipinski definition) is 1. The monoisotopic (exact) mass is 219 g/mol. The maximum absolute atomic E-state index is 11.9. The van der Waals surface area contributed by atoms with E-state index in [0.717, 1.165) is 12.1 Å². The van der Waals surface area contributed by atoms with Crippen LogP contribution in [0.5, 0.6) is 5.75 Å². The number of hydrogen-bond acceptors (Lipinski definition) is 2. The molecule has 0 saturated heterocycles. The summed E-state index contributed by atoms with van der Waals surface area (Å²) in [5.41, 5.74) is -0.276. The van der Waals surface area contributed by atoms with Crippen LogP contribution in [0.2, 0.25) is 0 Å². The molecule has 0 aromatic heterocycles. The summed E-state index contributed by atoms with van der Waals surface area (Å²) in [5, 5.41) is 8.61. The van der Waals surface area contributed by atoms with Crippen LogP contribution < -0.4 is 4.74 Å². The molecule has 0 aliphatic heterocycles. The second kappa shape index (κ2) is 3.80. The van der Waals surface area contributed by atoms with E-state index in [1.165, 1.54) is 6.07 Å². The molecule has 0 fully saturated rings. The van der Waals surface area contributed by atoms with Crippen LogP contribution >= 0.6 is 0 Å². The first-order valence-electron chi connectivity index (χ1n) is 3.74. The highest BCUT2D eigenvalue weighted by Gasteiger charge is 2.32. The van der Waals surface area contributed by atoms with Crippen LogP contribution in [0.1, 0.15) is 15.9 Å². The third-order valence-electron chi connectivity index (χ3n) is 1.50. The zero-order valence-electron chi connectivity index (χ0n) is 7.34. The smallest absolute Gasteiger partial charge is 0.478 e. The van der Waals surface area contributed by atoms with Crippen LogP contribution in [0.3, 0.4) is 0 Å². The van der Waals surface area contributed by atoms with Gasteiger partial charge in [0.25, 0.3) is 0 Å². The van der Waals surface area contributed by atoms with E-state index in [4.69, 9.17) is 5.11 Å². The molecule has 1 aromatic rings. The van der Waals surface area contributed by atoms with Crippen molar-refractivity contribution in [3.63, 3.8) is 0 Å². The first-order valence-corrected chi connectivity index (χ1v) is 3.74. The van der Waals surface area contributed by atoms with Gasteiger partial charge in [-0.05, 0) is 24.6 Å². The second-order valence-corrected chi connectivity index (χ2v) is 2.68. The van der Waals surface area contributed by atoms with Crippen molar-refractivity contribution in [2.24, 2.45) is 0 Å². The first kappa shape index (κ1) is 11.4. The van der Waals surface area contributed by atoms with Crippen LogP contribution in [-0.2, 0) is 0 Å². The minimum absolute atomic E-state index is 0.293. The zero-order valence-corrected chi connectivity index (χ0v) is 7.34. The quantitative estimate of drug-likeness (QED) is 0.830. The van der Waals surface area contributed by atoms with Crippen molar-refractivity contribution in [3.05, 3.63) is 36.2 Å². The van der Waals surface area contributed by atoms with Gasteiger partial charge in [-0.2, -0.15) is 0 Å². The molecule has 0 unspecified atom stereocenters. The molecule has 0 heterocycles. The summed E-state index contributed by atoms with van der Waals surface area (Å²) in [6.07, 6.45) is -4.91. The summed E-state index contributed by atoms with van der Waals surface area (Å²) in [4.78, 5) is 10.6. The Morgan fingerprint density at radius 3 is 2.47 bits per heavy atom. The predicted octanol–water partition coefficient (Wildman–Crippen LogP) is 2.47. The first-order chi connectivity index (χ1) is 6.79. The minimum atomic E-state index is -4.91. The van der Waals surface area contributed by atoms with Gasteiger partial charge < -0.3 is 9.84 Å². The Morgan fingerprint density at radius 2 is 2.00 bits per heavy atom. The average molecular weight is 219 g/mol. The molecule has 1 rings (SSSR count). The van der Waals surface area contributed by atoms with Gasteiger partial charge in [-0.3, -0.25) is 0 Å². The molecule has 1 N–H and O–H groups in total. The lowest BCUT2D eigenvalue weighted by Gasteiger charge is -2.11. The number of rotatable bonds is 2. The van der Waals surface area contributed by atoms with Crippen molar-refractivity contribution in [2.75, 3.05) is 0 Å². The number of alkyl halides is 3. The third-order valence-corrected chi connectivity index (χ3v) is 1.50. The van der Waals surface area contributed by atoms with Crippen LogP contribution in [0.15, 0.2) is 18.2 Å². The van der Waals surface area contributed by atoms with Gasteiger partial charge >= 0.3 is 12.3 Å². The molecule has 1 aromatic carbocycles. The Balaban J connectivity index is 3.12. The molecule has 0 aliphatic rings. The van der Waals surface area contributed by atoms with E-state index in [-0.39, 0.29) is 0 Å². The van der Waals surface area contributed by atoms with Crippen molar-refractivity contribution < 1.29 is 27.8 Å². The second-order valence-electron chi connectivity index (χ2n) is 2.68. The van der Waals surface area contributed by atoms with Crippen molar-refractivity contribution in [1.29, 1.82) is 0 Å². The predicted molar refractivity (Wildman–Crippen MR) is 44.5 cm³/mol. The fourth-order valence-electron chi connectivity index (χ4n) is 0.958. The maximum Gasteiger partial charge on any atom is 0.573 e. The summed E-state index contributed by atoms with van der Waals surface area (Å²) >= 11 is 0. The lowest BCUT2D eigenvalue weighted by molar-refractivity contribution is -0.274. The van der Waals surface area contributed by atoms with Gasteiger partial charge in [0.15, 0.2) is 0 Å². The van der Waals surface area contributed by atoms with Crippen molar-refractivity contribution in [3.8, 4) is 5.75 Å². The Bertz CT molecular complexity index is 385. The fraction of sp³-hybridized carbons (Fsp3) is 0.111. The largest absolute Gasteiger partial charge is 0.573 e. The number of carbonyl (C=O) groups is 1. The van der Waals surface area contributed by atoms with E-state index in [1.807, 2.05) is 0 Å². The van der Waals surface area contributed by atoms with E-state index in [1.54, 1.807) is 0 Å². The molecule has 81 valence electrons. The number of aromatic carboxylic acids is 1. The molecule has 3 nitrogen and oxygen atoms in total. The highest BCUT2D eigenvalue weighted by molar-refractivity contribution is 5.91. The lowest BCUT2D eigenvalue weighted by atomic mass is 10.1. The van der Waals surface area contributed by atoms with Gasteiger partial charge in [-0.15, -0.1) is 13.2 Å². The number of carboxylic acids is 1. The normalized spacial score (nSPS) is 11.2. The summed E-state index contributed by atoms with van der Waals surface area (Å²) in [6.45, 7) is 3.40. The van der Waals surface area contributed by atoms with Crippen molar-refractivity contribution >= 4 is 5.97 Å². The summed E-state index contributed by atoms with van der Waals surface area (Å²) in [5.74, 6) is -2.25. The van der Waals surface area contributed by atoms with Gasteiger partial charge in [0.1, 0.15) is 11.3 Å². The van der Waals surface area contributed by atoms with E-state index in [2.05, 4.69) is 11.7 Å². The van der Waals surface area contributed by atoms with E-state index in [9.17, 15) is 18.0 Å². The van der Waals surface area contributed by atoms with Gasteiger partial charge in [0, 0.05) is 0 Å².